The highest BCUT2D eigenvalue weighted by Crippen LogP contribution is 2.32. The lowest BCUT2D eigenvalue weighted by molar-refractivity contribution is -0.122. The summed E-state index contributed by atoms with van der Waals surface area (Å²) in [7, 11) is 0. The lowest BCUT2D eigenvalue weighted by Gasteiger charge is -2.20. The molecule has 5 nitrogen and oxygen atoms in total. The number of hydrogen-bond donors (Lipinski definition) is 1. The number of unbranched alkanes of at least 4 members (excludes halogenated alkanes) is 1. The highest BCUT2D eigenvalue weighted by atomic mass is 19.3. The molecule has 1 fully saturated rings. The first kappa shape index (κ1) is 13.7. The topological polar surface area (TPSA) is 72.6 Å². The Bertz CT molecular complexity index is 310. The average molecular weight is 250 g/mol. The molecule has 0 aliphatic carbocycles. The summed E-state index contributed by atoms with van der Waals surface area (Å²) in [6.45, 7) is 1.25. The van der Waals surface area contributed by atoms with Gasteiger partial charge in [-0.3, -0.25) is 9.69 Å². The Morgan fingerprint density at radius 1 is 1.53 bits per heavy atom. The molecule has 0 aromatic carbocycles. The second-order valence-corrected chi connectivity index (χ2v) is 4.07. The third-order valence-corrected chi connectivity index (χ3v) is 2.56. The van der Waals surface area contributed by atoms with Crippen LogP contribution in [0.5, 0.6) is 0 Å². The molecule has 17 heavy (non-hydrogen) atoms. The van der Waals surface area contributed by atoms with Crippen LogP contribution < -0.4 is 5.73 Å². The smallest absolute Gasteiger partial charge is 0.410 e. The summed E-state index contributed by atoms with van der Waals surface area (Å²) in [5, 5.41) is 0. The van der Waals surface area contributed by atoms with Crippen molar-refractivity contribution in [1.29, 1.82) is 0 Å². The molecule has 98 valence electrons. The van der Waals surface area contributed by atoms with E-state index in [4.69, 9.17) is 10.5 Å². The average Bonchev–Trinajstić information content (AvgIpc) is 2.55. The zero-order valence-electron chi connectivity index (χ0n) is 9.62. The van der Waals surface area contributed by atoms with Gasteiger partial charge in [0.2, 0.25) is 5.91 Å². The molecule has 0 spiro atoms. The van der Waals surface area contributed by atoms with Gasteiger partial charge >= 0.3 is 6.09 Å². The summed E-state index contributed by atoms with van der Waals surface area (Å²) in [4.78, 5) is 23.2. The van der Waals surface area contributed by atoms with Gasteiger partial charge in [0.25, 0.3) is 5.92 Å². The van der Waals surface area contributed by atoms with Gasteiger partial charge in [-0.15, -0.1) is 0 Å². The van der Waals surface area contributed by atoms with Gasteiger partial charge in [-0.2, -0.15) is 0 Å². The molecule has 1 saturated heterocycles. The van der Waals surface area contributed by atoms with Crippen LogP contribution >= 0.6 is 0 Å². The van der Waals surface area contributed by atoms with E-state index in [1.54, 1.807) is 0 Å². The number of ether oxygens (including phenoxy) is 1. The molecule has 0 bridgehead atoms. The summed E-state index contributed by atoms with van der Waals surface area (Å²) in [5.41, 5.74) is 4.98. The van der Waals surface area contributed by atoms with E-state index in [0.29, 0.717) is 11.3 Å². The fourth-order valence-electron chi connectivity index (χ4n) is 1.65. The number of carbonyl (C=O) groups is 2. The maximum absolute atomic E-state index is 13.1. The molecule has 7 heteroatoms. The molecule has 1 heterocycles. The summed E-state index contributed by atoms with van der Waals surface area (Å²) < 4.78 is 31.0. The van der Waals surface area contributed by atoms with Crippen LogP contribution in [-0.2, 0) is 9.53 Å². The molecule has 0 saturated carbocycles. The van der Waals surface area contributed by atoms with Crippen LogP contribution in [0.3, 0.4) is 0 Å². The number of nitrogens with two attached hydrogens (primary N) is 1. The van der Waals surface area contributed by atoms with E-state index in [0.717, 1.165) is 6.42 Å². The van der Waals surface area contributed by atoms with Gasteiger partial charge in [0.1, 0.15) is 6.04 Å². The van der Waals surface area contributed by atoms with Crippen LogP contribution in [0.4, 0.5) is 13.6 Å². The Kier molecular flexibility index (Phi) is 4.25. The minimum Gasteiger partial charge on any atom is -0.449 e. The second-order valence-electron chi connectivity index (χ2n) is 4.07. The van der Waals surface area contributed by atoms with Crippen LogP contribution in [0.15, 0.2) is 0 Å². The quantitative estimate of drug-likeness (QED) is 0.760. The lowest BCUT2D eigenvalue weighted by atomic mass is 10.2. The SMILES string of the molecule is CCCCOC(=O)N1CC(F)(F)C[C@H]1C(N)=O. The van der Waals surface area contributed by atoms with Crippen molar-refractivity contribution in [1.82, 2.24) is 4.90 Å². The molecular formula is C10H16F2N2O3. The minimum atomic E-state index is -3.08. The molecule has 1 aliphatic heterocycles. The second kappa shape index (κ2) is 5.29. The molecule has 1 atom stereocenters. The first-order chi connectivity index (χ1) is 7.87. The van der Waals surface area contributed by atoms with Gasteiger partial charge in [0.15, 0.2) is 0 Å². The number of primary amides is 1. The van der Waals surface area contributed by atoms with Crippen molar-refractivity contribution in [2.45, 2.75) is 38.2 Å². The maximum Gasteiger partial charge on any atom is 0.410 e. The predicted octanol–water partition coefficient (Wildman–Crippen LogP) is 1.12. The number of carbonyl (C=O) groups excluding carboxylic acids is 2. The van der Waals surface area contributed by atoms with Crippen molar-refractivity contribution >= 4 is 12.0 Å². The molecule has 0 radical (unpaired) electrons. The standard InChI is InChI=1S/C10H16F2N2O3/c1-2-3-4-17-9(16)14-6-10(11,12)5-7(14)8(13)15/h7H,2-6H2,1H3,(H2,13,15)/t7-/m0/s1. The van der Waals surface area contributed by atoms with E-state index < -0.39 is 36.9 Å². The van der Waals surface area contributed by atoms with Gasteiger partial charge in [-0.05, 0) is 6.42 Å². The zero-order valence-corrected chi connectivity index (χ0v) is 9.62. The molecular weight excluding hydrogens is 234 g/mol. The maximum atomic E-state index is 13.1. The highest BCUT2D eigenvalue weighted by molar-refractivity contribution is 5.85. The summed E-state index contributed by atoms with van der Waals surface area (Å²) in [6.07, 6.45) is -0.162. The number of alkyl halides is 2. The Labute approximate surface area is 97.9 Å². The normalized spacial score (nSPS) is 22.5. The lowest BCUT2D eigenvalue weighted by Crippen LogP contribution is -2.44. The van der Waals surface area contributed by atoms with Gasteiger partial charge < -0.3 is 10.5 Å². The van der Waals surface area contributed by atoms with E-state index in [2.05, 4.69) is 0 Å². The van der Waals surface area contributed by atoms with Crippen molar-refractivity contribution in [3.05, 3.63) is 0 Å². The number of likely N-dealkylation sites (tertiary alicyclic amines) is 1. The van der Waals surface area contributed by atoms with Gasteiger partial charge in [0.05, 0.1) is 13.2 Å². The molecule has 0 aromatic heterocycles. The van der Waals surface area contributed by atoms with Crippen molar-refractivity contribution < 1.29 is 23.1 Å². The summed E-state index contributed by atoms with van der Waals surface area (Å²) >= 11 is 0. The van der Waals surface area contributed by atoms with Crippen LogP contribution in [0.2, 0.25) is 0 Å². The van der Waals surface area contributed by atoms with Crippen molar-refractivity contribution in [2.24, 2.45) is 5.73 Å². The number of hydrogen-bond acceptors (Lipinski definition) is 3. The number of rotatable bonds is 4. The molecule has 0 unspecified atom stereocenters. The Morgan fingerprint density at radius 2 is 2.18 bits per heavy atom. The van der Waals surface area contributed by atoms with Crippen LogP contribution in [0, 0.1) is 0 Å². The molecule has 2 amide bonds. The highest BCUT2D eigenvalue weighted by Gasteiger charge is 2.50. The summed E-state index contributed by atoms with van der Waals surface area (Å²) in [6, 6.07) is -1.28. The van der Waals surface area contributed by atoms with Crippen LogP contribution in [0.1, 0.15) is 26.2 Å². The van der Waals surface area contributed by atoms with Crippen LogP contribution in [-0.4, -0.2) is 42.0 Å². The first-order valence-corrected chi connectivity index (χ1v) is 5.48. The van der Waals surface area contributed by atoms with E-state index in [9.17, 15) is 18.4 Å². The largest absolute Gasteiger partial charge is 0.449 e. The molecule has 2 N–H and O–H groups in total. The Morgan fingerprint density at radius 3 is 2.71 bits per heavy atom. The number of nitrogens with zero attached hydrogens (tertiary/aromatic N) is 1. The third kappa shape index (κ3) is 3.54. The molecule has 1 rings (SSSR count). The fraction of sp³-hybridized carbons (Fsp3) is 0.800. The molecule has 0 aromatic rings. The number of halogens is 2. The predicted molar refractivity (Wildman–Crippen MR) is 55.5 cm³/mol. The monoisotopic (exact) mass is 250 g/mol. The summed E-state index contributed by atoms with van der Waals surface area (Å²) in [5.74, 6) is -4.02. The first-order valence-electron chi connectivity index (χ1n) is 5.48. The van der Waals surface area contributed by atoms with E-state index in [1.165, 1.54) is 0 Å². The number of amides is 2. The fourth-order valence-corrected chi connectivity index (χ4v) is 1.65. The van der Waals surface area contributed by atoms with Crippen molar-refractivity contribution in [3.63, 3.8) is 0 Å². The van der Waals surface area contributed by atoms with Crippen molar-refractivity contribution in [2.75, 3.05) is 13.2 Å². The minimum absolute atomic E-state index is 0.156. The van der Waals surface area contributed by atoms with E-state index >= 15 is 0 Å². The third-order valence-electron chi connectivity index (χ3n) is 2.56. The van der Waals surface area contributed by atoms with Crippen LogP contribution in [0.25, 0.3) is 0 Å². The van der Waals surface area contributed by atoms with E-state index in [-0.39, 0.29) is 6.61 Å². The molecule has 1 aliphatic rings. The van der Waals surface area contributed by atoms with Gasteiger partial charge in [-0.1, -0.05) is 13.3 Å². The van der Waals surface area contributed by atoms with Gasteiger partial charge in [0, 0.05) is 6.42 Å². The Balaban J connectivity index is 2.61. The Hall–Kier alpha value is -1.40. The van der Waals surface area contributed by atoms with Gasteiger partial charge in [-0.25, -0.2) is 13.6 Å². The zero-order chi connectivity index (χ0) is 13.1. The van der Waals surface area contributed by atoms with Crippen molar-refractivity contribution in [3.8, 4) is 0 Å². The van der Waals surface area contributed by atoms with E-state index in [1.807, 2.05) is 6.92 Å².